The maximum absolute atomic E-state index is 12.9. The zero-order chi connectivity index (χ0) is 18.3. The van der Waals surface area contributed by atoms with Crippen LogP contribution in [0.3, 0.4) is 0 Å². The number of alkyl halides is 6. The smallest absolute Gasteiger partial charge is 0.411 e. The van der Waals surface area contributed by atoms with E-state index in [1.807, 2.05) is 0 Å². The standard InChI is InChI=1S/C13H10F6N4O/c1-6(21-24)11-7(2)23(22-20-11)10-4-8(12(14,15)16)3-9(5-10)13(17,18)19/h3-5,24H,1-2H3/b21-6+. The lowest BCUT2D eigenvalue weighted by molar-refractivity contribution is -0.143. The van der Waals surface area contributed by atoms with Crippen molar-refractivity contribution in [2.75, 3.05) is 0 Å². The number of oxime groups is 1. The van der Waals surface area contributed by atoms with Crippen LogP contribution in [0.4, 0.5) is 26.3 Å². The molecule has 5 nitrogen and oxygen atoms in total. The molecule has 1 aromatic carbocycles. The monoisotopic (exact) mass is 352 g/mol. The van der Waals surface area contributed by atoms with Crippen molar-refractivity contribution in [3.63, 3.8) is 0 Å². The van der Waals surface area contributed by atoms with Gasteiger partial charge < -0.3 is 5.21 Å². The molecule has 130 valence electrons. The molecule has 0 amide bonds. The first-order valence-corrected chi connectivity index (χ1v) is 6.36. The third kappa shape index (κ3) is 3.34. The van der Waals surface area contributed by atoms with Crippen LogP contribution in [0.5, 0.6) is 0 Å². The summed E-state index contributed by atoms with van der Waals surface area (Å²) in [5, 5.41) is 18.7. The van der Waals surface area contributed by atoms with Crippen LogP contribution in [0.2, 0.25) is 0 Å². The predicted molar refractivity (Wildman–Crippen MR) is 70.1 cm³/mol. The SMILES string of the molecule is C/C(=N\O)c1nnn(-c2cc(C(F)(F)F)cc(C(F)(F)F)c2)c1C. The van der Waals surface area contributed by atoms with Gasteiger partial charge in [0, 0.05) is 0 Å². The molecule has 0 spiro atoms. The zero-order valence-corrected chi connectivity index (χ0v) is 12.2. The molecule has 0 aliphatic heterocycles. The summed E-state index contributed by atoms with van der Waals surface area (Å²) in [7, 11) is 0. The Bertz CT molecular complexity index is 758. The summed E-state index contributed by atoms with van der Waals surface area (Å²) in [6.07, 6.45) is -9.93. The average molecular weight is 352 g/mol. The second-order valence-corrected chi connectivity index (χ2v) is 4.88. The Morgan fingerprint density at radius 2 is 1.54 bits per heavy atom. The Hall–Kier alpha value is -2.59. The number of hydrogen-bond donors (Lipinski definition) is 1. The molecule has 0 bridgehead atoms. The van der Waals surface area contributed by atoms with Gasteiger partial charge >= 0.3 is 12.4 Å². The minimum absolute atomic E-state index is 0.0155. The van der Waals surface area contributed by atoms with Crippen LogP contribution in [0.1, 0.15) is 29.4 Å². The van der Waals surface area contributed by atoms with Gasteiger partial charge in [-0.1, -0.05) is 10.4 Å². The Morgan fingerprint density at radius 1 is 1.04 bits per heavy atom. The quantitative estimate of drug-likeness (QED) is 0.387. The van der Waals surface area contributed by atoms with Crippen molar-refractivity contribution in [1.82, 2.24) is 15.0 Å². The summed E-state index contributed by atoms with van der Waals surface area (Å²) >= 11 is 0. The molecule has 0 aliphatic rings. The number of nitrogens with zero attached hydrogens (tertiary/aromatic N) is 4. The van der Waals surface area contributed by atoms with E-state index in [4.69, 9.17) is 5.21 Å². The van der Waals surface area contributed by atoms with E-state index in [1.165, 1.54) is 13.8 Å². The molecule has 0 atom stereocenters. The molecular weight excluding hydrogens is 342 g/mol. The fourth-order valence-corrected chi connectivity index (χ4v) is 2.02. The lowest BCUT2D eigenvalue weighted by Gasteiger charge is -2.14. The molecule has 24 heavy (non-hydrogen) atoms. The van der Waals surface area contributed by atoms with E-state index < -0.39 is 29.2 Å². The Kier molecular flexibility index (Phi) is 4.29. The Morgan fingerprint density at radius 3 is 1.96 bits per heavy atom. The minimum Gasteiger partial charge on any atom is -0.411 e. The van der Waals surface area contributed by atoms with E-state index in [1.54, 1.807) is 0 Å². The third-order valence-electron chi connectivity index (χ3n) is 3.20. The second kappa shape index (κ2) is 5.80. The van der Waals surface area contributed by atoms with Gasteiger partial charge in [-0.3, -0.25) is 0 Å². The highest BCUT2D eigenvalue weighted by Crippen LogP contribution is 2.37. The number of rotatable bonds is 2. The van der Waals surface area contributed by atoms with Crippen molar-refractivity contribution in [3.05, 3.63) is 40.7 Å². The molecule has 2 rings (SSSR count). The van der Waals surface area contributed by atoms with Crippen molar-refractivity contribution in [2.24, 2.45) is 5.16 Å². The van der Waals surface area contributed by atoms with Crippen molar-refractivity contribution >= 4 is 5.71 Å². The van der Waals surface area contributed by atoms with E-state index in [0.29, 0.717) is 12.1 Å². The highest BCUT2D eigenvalue weighted by Gasteiger charge is 2.37. The summed E-state index contributed by atoms with van der Waals surface area (Å²) in [5.74, 6) is 0. The van der Waals surface area contributed by atoms with Crippen molar-refractivity contribution in [1.29, 1.82) is 0 Å². The van der Waals surface area contributed by atoms with Gasteiger partial charge in [0.15, 0.2) is 0 Å². The van der Waals surface area contributed by atoms with Crippen molar-refractivity contribution in [2.45, 2.75) is 26.2 Å². The van der Waals surface area contributed by atoms with Crippen LogP contribution < -0.4 is 0 Å². The van der Waals surface area contributed by atoms with Crippen molar-refractivity contribution < 1.29 is 31.5 Å². The van der Waals surface area contributed by atoms with E-state index >= 15 is 0 Å². The van der Waals surface area contributed by atoms with Crippen LogP contribution in [-0.2, 0) is 12.4 Å². The molecular formula is C13H10F6N4O. The Balaban J connectivity index is 2.69. The number of benzene rings is 1. The van der Waals surface area contributed by atoms with Gasteiger partial charge in [-0.15, -0.1) is 5.10 Å². The van der Waals surface area contributed by atoms with Crippen LogP contribution in [0.15, 0.2) is 23.4 Å². The molecule has 0 aliphatic carbocycles. The molecule has 1 aromatic heterocycles. The highest BCUT2D eigenvalue weighted by atomic mass is 19.4. The van der Waals surface area contributed by atoms with Gasteiger partial charge in [-0.2, -0.15) is 26.3 Å². The maximum atomic E-state index is 12.9. The van der Waals surface area contributed by atoms with E-state index in [0.717, 1.165) is 4.68 Å². The molecule has 0 saturated heterocycles. The summed E-state index contributed by atoms with van der Waals surface area (Å²) in [5.41, 5.74) is -3.20. The molecule has 0 fully saturated rings. The largest absolute Gasteiger partial charge is 0.416 e. The average Bonchev–Trinajstić information content (AvgIpc) is 2.86. The summed E-state index contributed by atoms with van der Waals surface area (Å²) in [6.45, 7) is 2.73. The normalized spacial score (nSPS) is 13.4. The van der Waals surface area contributed by atoms with Crippen LogP contribution in [-0.4, -0.2) is 25.9 Å². The number of hydrogen-bond acceptors (Lipinski definition) is 4. The summed E-state index contributed by atoms with van der Waals surface area (Å²) in [4.78, 5) is 0. The lowest BCUT2D eigenvalue weighted by atomic mass is 10.1. The molecule has 11 heteroatoms. The highest BCUT2D eigenvalue weighted by molar-refractivity contribution is 5.97. The zero-order valence-electron chi connectivity index (χ0n) is 12.2. The summed E-state index contributed by atoms with van der Waals surface area (Å²) in [6, 6.07) is 1.09. The fraction of sp³-hybridized carbons (Fsp3) is 0.308. The van der Waals surface area contributed by atoms with E-state index in [2.05, 4.69) is 15.5 Å². The molecule has 1 heterocycles. The summed E-state index contributed by atoms with van der Waals surface area (Å²) < 4.78 is 78.1. The first-order chi connectivity index (χ1) is 10.9. The second-order valence-electron chi connectivity index (χ2n) is 4.88. The van der Waals surface area contributed by atoms with Gasteiger partial charge in [0.25, 0.3) is 0 Å². The van der Waals surface area contributed by atoms with Crippen molar-refractivity contribution in [3.8, 4) is 5.69 Å². The van der Waals surface area contributed by atoms with Gasteiger partial charge in [-0.25, -0.2) is 4.68 Å². The molecule has 0 unspecified atom stereocenters. The molecule has 2 aromatic rings. The Labute approximate surface area is 131 Å². The first kappa shape index (κ1) is 17.8. The first-order valence-electron chi connectivity index (χ1n) is 6.36. The van der Waals surface area contributed by atoms with E-state index in [-0.39, 0.29) is 23.2 Å². The number of aromatic nitrogens is 3. The van der Waals surface area contributed by atoms with Crippen LogP contribution in [0, 0.1) is 6.92 Å². The van der Waals surface area contributed by atoms with E-state index in [9.17, 15) is 26.3 Å². The van der Waals surface area contributed by atoms with Crippen LogP contribution in [0.25, 0.3) is 5.69 Å². The number of halogens is 6. The van der Waals surface area contributed by atoms with Gasteiger partial charge in [0.1, 0.15) is 11.4 Å². The predicted octanol–water partition coefficient (Wildman–Crippen LogP) is 3.81. The molecule has 0 saturated carbocycles. The lowest BCUT2D eigenvalue weighted by Crippen LogP contribution is -2.13. The fourth-order valence-electron chi connectivity index (χ4n) is 2.02. The molecule has 0 radical (unpaired) electrons. The van der Waals surface area contributed by atoms with Gasteiger partial charge in [0.2, 0.25) is 0 Å². The third-order valence-corrected chi connectivity index (χ3v) is 3.20. The topological polar surface area (TPSA) is 63.3 Å². The minimum atomic E-state index is -4.96. The molecule has 1 N–H and O–H groups in total. The van der Waals surface area contributed by atoms with Crippen LogP contribution >= 0.6 is 0 Å². The van der Waals surface area contributed by atoms with Gasteiger partial charge in [0.05, 0.1) is 22.5 Å². The van der Waals surface area contributed by atoms with Gasteiger partial charge in [-0.05, 0) is 32.0 Å². The maximum Gasteiger partial charge on any atom is 0.416 e.